The van der Waals surface area contributed by atoms with Crippen LogP contribution in [0.2, 0.25) is 0 Å². The first-order valence-corrected chi connectivity index (χ1v) is 4.63. The van der Waals surface area contributed by atoms with E-state index in [1.165, 1.54) is 5.84 Å². The first-order valence-electron chi connectivity index (χ1n) is 4.63. The monoisotopic (exact) mass is 186 g/mol. The highest BCUT2D eigenvalue weighted by atomic mass is 15.5. The van der Waals surface area contributed by atoms with Gasteiger partial charge in [-0.3, -0.25) is 9.38 Å². The standard InChI is InChI=1S/C9H20N3.CH4/c1-5-11(3)8-12(4)7-6-10-9(12)2;/h5-8H2,1-4H3;1H4/q+1;. The predicted molar refractivity (Wildman–Crippen MR) is 58.9 cm³/mol. The molecule has 1 rings (SSSR count). The minimum Gasteiger partial charge on any atom is -0.267 e. The fourth-order valence-electron chi connectivity index (χ4n) is 1.57. The minimum atomic E-state index is 0. The Morgan fingerprint density at radius 2 is 2.15 bits per heavy atom. The van der Waals surface area contributed by atoms with Crippen LogP contribution >= 0.6 is 0 Å². The van der Waals surface area contributed by atoms with Crippen LogP contribution in [0.5, 0.6) is 0 Å². The summed E-state index contributed by atoms with van der Waals surface area (Å²) in [6.45, 7) is 8.69. The third kappa shape index (κ3) is 2.78. The molecule has 1 unspecified atom stereocenters. The molecule has 0 aromatic carbocycles. The van der Waals surface area contributed by atoms with Crippen molar-refractivity contribution in [1.29, 1.82) is 0 Å². The van der Waals surface area contributed by atoms with Crippen LogP contribution in [0.3, 0.4) is 0 Å². The molecular weight excluding hydrogens is 162 g/mol. The molecule has 0 aromatic rings. The van der Waals surface area contributed by atoms with Gasteiger partial charge < -0.3 is 0 Å². The van der Waals surface area contributed by atoms with Gasteiger partial charge in [-0.05, 0) is 7.05 Å². The van der Waals surface area contributed by atoms with Crippen LogP contribution in [-0.2, 0) is 0 Å². The Kier molecular flexibility index (Phi) is 4.57. The second-order valence-electron chi connectivity index (χ2n) is 3.86. The Morgan fingerprint density at radius 1 is 1.54 bits per heavy atom. The van der Waals surface area contributed by atoms with Crippen LogP contribution in [0.1, 0.15) is 21.3 Å². The molecule has 1 atom stereocenters. The van der Waals surface area contributed by atoms with Crippen molar-refractivity contribution in [2.24, 2.45) is 4.99 Å². The van der Waals surface area contributed by atoms with Crippen molar-refractivity contribution in [1.82, 2.24) is 4.90 Å². The van der Waals surface area contributed by atoms with Gasteiger partial charge in [0.25, 0.3) is 0 Å². The Morgan fingerprint density at radius 3 is 2.54 bits per heavy atom. The molecule has 1 aliphatic rings. The van der Waals surface area contributed by atoms with E-state index in [-0.39, 0.29) is 7.43 Å². The lowest BCUT2D eigenvalue weighted by Crippen LogP contribution is -2.51. The molecule has 3 heteroatoms. The highest BCUT2D eigenvalue weighted by molar-refractivity contribution is 5.73. The van der Waals surface area contributed by atoms with Crippen molar-refractivity contribution in [2.45, 2.75) is 21.3 Å². The van der Waals surface area contributed by atoms with Gasteiger partial charge >= 0.3 is 0 Å². The number of hydrogen-bond acceptors (Lipinski definition) is 2. The SMILES string of the molecule is C.CCN(C)C[N+]1(C)CCN=C1C. The number of aliphatic imine (C=N–C) groups is 1. The van der Waals surface area contributed by atoms with Gasteiger partial charge in [-0.25, -0.2) is 4.99 Å². The summed E-state index contributed by atoms with van der Waals surface area (Å²) >= 11 is 0. The third-order valence-corrected chi connectivity index (χ3v) is 2.81. The van der Waals surface area contributed by atoms with Crippen LogP contribution in [0, 0.1) is 0 Å². The van der Waals surface area contributed by atoms with Gasteiger partial charge in [0.15, 0.2) is 5.84 Å². The largest absolute Gasteiger partial charge is 0.267 e. The first kappa shape index (κ1) is 12.6. The van der Waals surface area contributed by atoms with E-state index in [9.17, 15) is 0 Å². The molecule has 3 nitrogen and oxygen atoms in total. The molecule has 1 aliphatic heterocycles. The van der Waals surface area contributed by atoms with Crippen LogP contribution in [-0.4, -0.2) is 55.6 Å². The molecule has 13 heavy (non-hydrogen) atoms. The van der Waals surface area contributed by atoms with Gasteiger partial charge in [-0.15, -0.1) is 0 Å². The van der Waals surface area contributed by atoms with Gasteiger partial charge in [-0.1, -0.05) is 14.4 Å². The summed E-state index contributed by atoms with van der Waals surface area (Å²) in [6, 6.07) is 0. The van der Waals surface area contributed by atoms with Crippen molar-refractivity contribution in [3.63, 3.8) is 0 Å². The van der Waals surface area contributed by atoms with Gasteiger partial charge in [0.2, 0.25) is 0 Å². The highest BCUT2D eigenvalue weighted by Gasteiger charge is 2.30. The number of hydrogen-bond donors (Lipinski definition) is 0. The minimum absolute atomic E-state index is 0. The van der Waals surface area contributed by atoms with E-state index in [1.807, 2.05) is 0 Å². The summed E-state index contributed by atoms with van der Waals surface area (Å²) in [6.07, 6.45) is 0. The fourth-order valence-corrected chi connectivity index (χ4v) is 1.57. The molecule has 1 heterocycles. The summed E-state index contributed by atoms with van der Waals surface area (Å²) in [7, 11) is 4.42. The second-order valence-corrected chi connectivity index (χ2v) is 3.86. The van der Waals surface area contributed by atoms with Crippen molar-refractivity contribution < 1.29 is 4.48 Å². The van der Waals surface area contributed by atoms with E-state index in [0.29, 0.717) is 0 Å². The van der Waals surface area contributed by atoms with Crippen molar-refractivity contribution in [3.05, 3.63) is 0 Å². The van der Waals surface area contributed by atoms with E-state index in [4.69, 9.17) is 0 Å². The lowest BCUT2D eigenvalue weighted by Gasteiger charge is -2.32. The van der Waals surface area contributed by atoms with E-state index < -0.39 is 0 Å². The quantitative estimate of drug-likeness (QED) is 0.609. The van der Waals surface area contributed by atoms with Gasteiger partial charge in [0, 0.05) is 13.5 Å². The predicted octanol–water partition coefficient (Wildman–Crippen LogP) is 1.41. The number of quaternary nitrogens is 1. The summed E-state index contributed by atoms with van der Waals surface area (Å²) in [4.78, 5) is 6.78. The molecule has 0 fully saturated rings. The summed E-state index contributed by atoms with van der Waals surface area (Å²) in [5, 5.41) is 0. The third-order valence-electron chi connectivity index (χ3n) is 2.81. The number of nitrogens with zero attached hydrogens (tertiary/aromatic N) is 3. The summed E-state index contributed by atoms with van der Waals surface area (Å²) in [5.41, 5.74) is 0. The lowest BCUT2D eigenvalue weighted by molar-refractivity contribution is -0.825. The first-order chi connectivity index (χ1) is 5.58. The normalized spacial score (nSPS) is 27.3. The molecule has 0 aromatic heterocycles. The lowest BCUT2D eigenvalue weighted by atomic mass is 10.4. The zero-order valence-corrected chi connectivity index (χ0v) is 8.67. The Bertz CT molecular complexity index is 189. The topological polar surface area (TPSA) is 15.6 Å². The van der Waals surface area contributed by atoms with Gasteiger partial charge in [0.05, 0.1) is 13.6 Å². The van der Waals surface area contributed by atoms with E-state index in [2.05, 4.69) is 37.8 Å². The highest BCUT2D eigenvalue weighted by Crippen LogP contribution is 2.11. The average molecular weight is 186 g/mol. The molecule has 0 bridgehead atoms. The summed E-state index contributed by atoms with van der Waals surface area (Å²) in [5.74, 6) is 1.27. The zero-order chi connectivity index (χ0) is 9.19. The number of amidine groups is 1. The molecule has 78 valence electrons. The number of rotatable bonds is 3. The maximum atomic E-state index is 4.44. The zero-order valence-electron chi connectivity index (χ0n) is 8.67. The number of likely N-dealkylation sites (N-methyl/N-ethyl adjacent to an activating group) is 1. The molecular formula is C10H24N3+. The van der Waals surface area contributed by atoms with Crippen LogP contribution < -0.4 is 0 Å². The average Bonchev–Trinajstić information content (AvgIpc) is 2.32. The maximum absolute atomic E-state index is 4.44. The molecule has 0 saturated heterocycles. The van der Waals surface area contributed by atoms with Crippen molar-refractivity contribution in [3.8, 4) is 0 Å². The van der Waals surface area contributed by atoms with Crippen LogP contribution in [0.4, 0.5) is 0 Å². The van der Waals surface area contributed by atoms with Crippen LogP contribution in [0.15, 0.2) is 4.99 Å². The smallest absolute Gasteiger partial charge is 0.196 e. The van der Waals surface area contributed by atoms with Crippen molar-refractivity contribution in [2.75, 3.05) is 40.4 Å². The van der Waals surface area contributed by atoms with Crippen molar-refractivity contribution >= 4 is 5.84 Å². The molecule has 0 aliphatic carbocycles. The fraction of sp³-hybridized carbons (Fsp3) is 0.900. The van der Waals surface area contributed by atoms with Gasteiger partial charge in [-0.2, -0.15) is 0 Å². The Labute approximate surface area is 82.6 Å². The molecule has 0 N–H and O–H groups in total. The molecule has 0 radical (unpaired) electrons. The molecule has 0 amide bonds. The Hall–Kier alpha value is -0.410. The van der Waals surface area contributed by atoms with E-state index in [0.717, 1.165) is 30.8 Å². The molecule has 0 saturated carbocycles. The van der Waals surface area contributed by atoms with Crippen LogP contribution in [0.25, 0.3) is 0 Å². The van der Waals surface area contributed by atoms with E-state index >= 15 is 0 Å². The molecule has 0 spiro atoms. The van der Waals surface area contributed by atoms with Gasteiger partial charge in [0.1, 0.15) is 13.2 Å². The van der Waals surface area contributed by atoms with E-state index in [1.54, 1.807) is 0 Å². The second kappa shape index (κ2) is 4.72. The summed E-state index contributed by atoms with van der Waals surface area (Å²) < 4.78 is 1.00. The Balaban J connectivity index is 0.00000144. The maximum Gasteiger partial charge on any atom is 0.196 e.